The molecule has 0 radical (unpaired) electrons. The van der Waals surface area contributed by atoms with Crippen molar-refractivity contribution < 1.29 is 18.7 Å². The first-order valence-electron chi connectivity index (χ1n) is 7.48. The quantitative estimate of drug-likeness (QED) is 0.817. The Morgan fingerprint density at radius 2 is 1.88 bits per heavy atom. The van der Waals surface area contributed by atoms with E-state index in [1.807, 2.05) is 30.3 Å². The summed E-state index contributed by atoms with van der Waals surface area (Å²) in [6.45, 7) is 1.69. The van der Waals surface area contributed by atoms with Crippen molar-refractivity contribution in [3.8, 4) is 0 Å². The predicted molar refractivity (Wildman–Crippen MR) is 90.1 cm³/mol. The second-order valence-corrected chi connectivity index (χ2v) is 5.11. The zero-order valence-corrected chi connectivity index (χ0v) is 13.3. The maximum absolute atomic E-state index is 14.0. The number of Topliss-reactive ketones (excluding diaryl/α,β-unsaturated/α-hetero) is 1. The number of carbonyl (C=O) groups excluding carboxylic acids is 2. The average molecular weight is 327 g/mol. The minimum atomic E-state index is -0.562. The summed E-state index contributed by atoms with van der Waals surface area (Å²) in [5.74, 6) is -0.890. The van der Waals surface area contributed by atoms with Crippen LogP contribution in [0, 0.1) is 5.82 Å². The zero-order valence-electron chi connectivity index (χ0n) is 13.3. The maximum atomic E-state index is 14.0. The third-order valence-corrected chi connectivity index (χ3v) is 3.28. The average Bonchev–Trinajstić information content (AvgIpc) is 2.58. The van der Waals surface area contributed by atoms with Crippen LogP contribution in [0.2, 0.25) is 0 Å². The smallest absolute Gasteiger partial charge is 0.407 e. The molecule has 0 spiro atoms. The van der Waals surface area contributed by atoms with E-state index >= 15 is 0 Å². The van der Waals surface area contributed by atoms with Crippen LogP contribution in [-0.4, -0.2) is 18.4 Å². The number of alkyl carbamates (subject to hydrolysis) is 1. The van der Waals surface area contributed by atoms with Gasteiger partial charge in [-0.1, -0.05) is 54.6 Å². The summed E-state index contributed by atoms with van der Waals surface area (Å²) in [5, 5.41) is 2.54. The summed E-state index contributed by atoms with van der Waals surface area (Å²) in [5.41, 5.74) is 1.24. The summed E-state index contributed by atoms with van der Waals surface area (Å²) in [7, 11) is 0. The van der Waals surface area contributed by atoms with E-state index in [1.54, 1.807) is 18.2 Å². The van der Waals surface area contributed by atoms with Gasteiger partial charge in [0.2, 0.25) is 0 Å². The van der Waals surface area contributed by atoms with Gasteiger partial charge in [0, 0.05) is 12.1 Å². The fraction of sp³-hybridized carbons (Fsp3) is 0.158. The maximum Gasteiger partial charge on any atom is 0.407 e. The number of rotatable bonds is 6. The number of benzene rings is 2. The minimum absolute atomic E-state index is 0.0485. The van der Waals surface area contributed by atoms with E-state index in [9.17, 15) is 14.0 Å². The summed E-state index contributed by atoms with van der Waals surface area (Å²) in [4.78, 5) is 22.8. The molecule has 24 heavy (non-hydrogen) atoms. The highest BCUT2D eigenvalue weighted by atomic mass is 19.1. The van der Waals surface area contributed by atoms with Crippen LogP contribution in [0.1, 0.15) is 28.4 Å². The Balaban J connectivity index is 1.81. The van der Waals surface area contributed by atoms with Crippen LogP contribution < -0.4 is 5.32 Å². The minimum Gasteiger partial charge on any atom is -0.445 e. The summed E-state index contributed by atoms with van der Waals surface area (Å²) in [6.07, 6.45) is 2.55. The van der Waals surface area contributed by atoms with Gasteiger partial charge in [-0.2, -0.15) is 0 Å². The molecule has 0 saturated carbocycles. The fourth-order valence-electron chi connectivity index (χ4n) is 2.05. The van der Waals surface area contributed by atoms with Crippen LogP contribution in [0.5, 0.6) is 0 Å². The van der Waals surface area contributed by atoms with E-state index in [4.69, 9.17) is 4.74 Å². The van der Waals surface area contributed by atoms with Crippen molar-refractivity contribution in [3.63, 3.8) is 0 Å². The second-order valence-electron chi connectivity index (χ2n) is 5.11. The molecular weight excluding hydrogens is 309 g/mol. The van der Waals surface area contributed by atoms with Gasteiger partial charge < -0.3 is 10.1 Å². The summed E-state index contributed by atoms with van der Waals surface area (Å²) >= 11 is 0. The monoisotopic (exact) mass is 327 g/mol. The normalized spacial score (nSPS) is 10.6. The van der Waals surface area contributed by atoms with Gasteiger partial charge in [-0.15, -0.1) is 0 Å². The third-order valence-electron chi connectivity index (χ3n) is 3.28. The number of hydrogen-bond donors (Lipinski definition) is 1. The van der Waals surface area contributed by atoms with Gasteiger partial charge in [0.15, 0.2) is 5.78 Å². The third kappa shape index (κ3) is 5.05. The second kappa shape index (κ2) is 8.62. The highest BCUT2D eigenvalue weighted by Gasteiger charge is 2.09. The molecule has 0 unspecified atom stereocenters. The van der Waals surface area contributed by atoms with Gasteiger partial charge in [0.05, 0.1) is 5.56 Å². The SMILES string of the molecule is CC(=O)c1cccc(C=CCNC(=O)OCc2ccccc2)c1F. The van der Waals surface area contributed by atoms with Crippen LogP contribution in [0.3, 0.4) is 0 Å². The number of carbonyl (C=O) groups is 2. The Morgan fingerprint density at radius 3 is 2.58 bits per heavy atom. The lowest BCUT2D eigenvalue weighted by atomic mass is 10.1. The first-order chi connectivity index (χ1) is 11.6. The molecule has 0 aromatic heterocycles. The van der Waals surface area contributed by atoms with E-state index in [2.05, 4.69) is 5.32 Å². The summed E-state index contributed by atoms with van der Waals surface area (Å²) in [6, 6.07) is 13.9. The van der Waals surface area contributed by atoms with Gasteiger partial charge in [-0.25, -0.2) is 9.18 Å². The molecule has 0 saturated heterocycles. The molecule has 4 nitrogen and oxygen atoms in total. The number of halogens is 1. The molecule has 5 heteroatoms. The molecule has 2 aromatic rings. The molecular formula is C19H18FNO3. The van der Waals surface area contributed by atoms with Crippen molar-refractivity contribution in [2.24, 2.45) is 0 Å². The van der Waals surface area contributed by atoms with Crippen LogP contribution in [0.25, 0.3) is 6.08 Å². The van der Waals surface area contributed by atoms with Crippen LogP contribution in [0.15, 0.2) is 54.6 Å². The molecule has 0 fully saturated rings. The molecule has 0 aliphatic rings. The van der Waals surface area contributed by atoms with E-state index in [0.29, 0.717) is 5.56 Å². The number of amides is 1. The highest BCUT2D eigenvalue weighted by Crippen LogP contribution is 2.14. The van der Waals surface area contributed by atoms with Crippen LogP contribution >= 0.6 is 0 Å². The van der Waals surface area contributed by atoms with Crippen molar-refractivity contribution in [2.75, 3.05) is 6.54 Å². The number of hydrogen-bond acceptors (Lipinski definition) is 3. The zero-order chi connectivity index (χ0) is 17.4. The highest BCUT2D eigenvalue weighted by molar-refractivity contribution is 5.94. The van der Waals surface area contributed by atoms with Gasteiger partial charge in [-0.05, 0) is 18.6 Å². The number of ketones is 1. The molecule has 2 aromatic carbocycles. The number of nitrogens with one attached hydrogen (secondary N) is 1. The van der Waals surface area contributed by atoms with E-state index < -0.39 is 11.9 Å². The molecule has 1 amide bonds. The van der Waals surface area contributed by atoms with Crippen molar-refractivity contribution >= 4 is 18.0 Å². The van der Waals surface area contributed by atoms with Gasteiger partial charge in [0.25, 0.3) is 0 Å². The molecule has 124 valence electrons. The first-order valence-corrected chi connectivity index (χ1v) is 7.48. The van der Waals surface area contributed by atoms with Gasteiger partial charge in [0.1, 0.15) is 12.4 Å². The fourth-order valence-corrected chi connectivity index (χ4v) is 2.05. The van der Waals surface area contributed by atoms with E-state index in [-0.39, 0.29) is 24.5 Å². The van der Waals surface area contributed by atoms with Crippen LogP contribution in [-0.2, 0) is 11.3 Å². The Morgan fingerprint density at radius 1 is 1.12 bits per heavy atom. The lowest BCUT2D eigenvalue weighted by molar-refractivity contribution is 0.101. The molecule has 1 N–H and O–H groups in total. The predicted octanol–water partition coefficient (Wildman–Crippen LogP) is 3.97. The Labute approximate surface area is 140 Å². The first kappa shape index (κ1) is 17.4. The lowest BCUT2D eigenvalue weighted by Crippen LogP contribution is -2.24. The largest absolute Gasteiger partial charge is 0.445 e. The standard InChI is InChI=1S/C19H18FNO3/c1-14(22)17-11-5-9-16(18(17)20)10-6-12-21-19(23)24-13-15-7-3-2-4-8-15/h2-11H,12-13H2,1H3,(H,21,23). The number of ether oxygens (including phenoxy) is 1. The van der Waals surface area contributed by atoms with Crippen molar-refractivity contribution in [1.29, 1.82) is 0 Å². The summed E-state index contributed by atoms with van der Waals surface area (Å²) < 4.78 is 19.1. The van der Waals surface area contributed by atoms with E-state index in [0.717, 1.165) is 5.56 Å². The lowest BCUT2D eigenvalue weighted by Gasteiger charge is -2.05. The molecule has 0 heterocycles. The Kier molecular flexibility index (Phi) is 6.25. The molecule has 0 aliphatic heterocycles. The molecule has 0 aliphatic carbocycles. The van der Waals surface area contributed by atoms with Gasteiger partial charge >= 0.3 is 6.09 Å². The Bertz CT molecular complexity index is 742. The van der Waals surface area contributed by atoms with Crippen LogP contribution in [0.4, 0.5) is 9.18 Å². The van der Waals surface area contributed by atoms with Crippen molar-refractivity contribution in [2.45, 2.75) is 13.5 Å². The molecule has 2 rings (SSSR count). The van der Waals surface area contributed by atoms with Crippen molar-refractivity contribution in [1.82, 2.24) is 5.32 Å². The Hall–Kier alpha value is -2.95. The molecule has 0 bridgehead atoms. The van der Waals surface area contributed by atoms with E-state index in [1.165, 1.54) is 19.1 Å². The topological polar surface area (TPSA) is 55.4 Å². The van der Waals surface area contributed by atoms with Gasteiger partial charge in [-0.3, -0.25) is 4.79 Å². The van der Waals surface area contributed by atoms with Crippen molar-refractivity contribution in [3.05, 3.63) is 77.1 Å². The molecule has 0 atom stereocenters.